The Morgan fingerprint density at radius 2 is 1.93 bits per heavy atom. The summed E-state index contributed by atoms with van der Waals surface area (Å²) in [5.41, 5.74) is 4.88. The normalized spacial score (nSPS) is 19.6. The number of fused-ring (bicyclic) bond motifs is 2. The van der Waals surface area contributed by atoms with Gasteiger partial charge in [0.15, 0.2) is 11.5 Å². The van der Waals surface area contributed by atoms with Crippen molar-refractivity contribution in [1.29, 1.82) is 0 Å². The molecule has 0 radical (unpaired) electrons. The maximum absolute atomic E-state index is 5.61. The van der Waals surface area contributed by atoms with Gasteiger partial charge in [-0.05, 0) is 56.7 Å². The zero-order valence-corrected chi connectivity index (χ0v) is 18.3. The van der Waals surface area contributed by atoms with Crippen LogP contribution < -0.4 is 14.8 Å². The van der Waals surface area contributed by atoms with Gasteiger partial charge in [-0.25, -0.2) is 0 Å². The molecule has 0 unspecified atom stereocenters. The number of pyridine rings is 1. The van der Waals surface area contributed by atoms with Crippen molar-refractivity contribution in [3.05, 3.63) is 23.4 Å². The average Bonchev–Trinajstić information content (AvgIpc) is 3.02. The molecule has 1 aromatic carbocycles. The van der Waals surface area contributed by atoms with E-state index in [-0.39, 0.29) is 0 Å². The highest BCUT2D eigenvalue weighted by Crippen LogP contribution is 2.39. The van der Waals surface area contributed by atoms with Crippen LogP contribution in [0.4, 0.5) is 5.69 Å². The summed E-state index contributed by atoms with van der Waals surface area (Å²) in [6.45, 7) is 3.16. The van der Waals surface area contributed by atoms with Gasteiger partial charge in [-0.3, -0.25) is 4.98 Å². The summed E-state index contributed by atoms with van der Waals surface area (Å²) in [7, 11) is 3.37. The molecule has 1 aliphatic carbocycles. The Hall–Kier alpha value is -2.45. The first-order valence-corrected chi connectivity index (χ1v) is 11.2. The van der Waals surface area contributed by atoms with Gasteiger partial charge in [-0.15, -0.1) is 12.3 Å². The summed E-state index contributed by atoms with van der Waals surface area (Å²) < 4.78 is 11.2. The Labute approximate surface area is 180 Å². The van der Waals surface area contributed by atoms with Crippen molar-refractivity contribution in [2.24, 2.45) is 0 Å². The highest BCUT2D eigenvalue weighted by atomic mass is 16.5. The van der Waals surface area contributed by atoms with Crippen LogP contribution in [0.5, 0.6) is 11.5 Å². The number of anilines is 1. The van der Waals surface area contributed by atoms with Gasteiger partial charge in [-0.1, -0.05) is 6.42 Å². The fraction of sp³-hybridized carbons (Fsp3) is 0.560. The summed E-state index contributed by atoms with van der Waals surface area (Å²) in [5.74, 6) is 4.26. The van der Waals surface area contributed by atoms with Crippen LogP contribution in [0.2, 0.25) is 0 Å². The van der Waals surface area contributed by atoms with Crippen LogP contribution in [0.3, 0.4) is 0 Å². The summed E-state index contributed by atoms with van der Waals surface area (Å²) >= 11 is 0. The average molecular weight is 408 g/mol. The largest absolute Gasteiger partial charge is 0.493 e. The topological polar surface area (TPSA) is 46.6 Å². The number of benzene rings is 1. The molecule has 2 aromatic rings. The molecule has 1 saturated heterocycles. The molecule has 1 N–H and O–H groups in total. The molecule has 5 heteroatoms. The number of nitrogens with one attached hydrogen (secondary N) is 1. The predicted octanol–water partition coefficient (Wildman–Crippen LogP) is 4.42. The smallest absolute Gasteiger partial charge is 0.162 e. The van der Waals surface area contributed by atoms with Crippen LogP contribution in [0, 0.1) is 12.3 Å². The maximum atomic E-state index is 5.61. The first-order valence-electron chi connectivity index (χ1n) is 11.2. The molecular weight excluding hydrogens is 374 g/mol. The minimum absolute atomic E-state index is 0.419. The van der Waals surface area contributed by atoms with E-state index >= 15 is 0 Å². The molecule has 1 atom stereocenters. The van der Waals surface area contributed by atoms with Gasteiger partial charge < -0.3 is 19.7 Å². The molecule has 2 aliphatic rings. The Morgan fingerprint density at radius 1 is 1.13 bits per heavy atom. The number of ether oxygens (including phenoxy) is 2. The SMILES string of the molecule is C#CCCN1CCC[C@@H](Nc2c3c(nc4cc(OC)c(OC)cc24)CCCCC3)C1. The number of rotatable bonds is 6. The van der Waals surface area contributed by atoms with Crippen LogP contribution in [-0.4, -0.2) is 49.8 Å². The second-order valence-electron chi connectivity index (χ2n) is 8.44. The number of likely N-dealkylation sites (tertiary alicyclic amines) is 1. The molecule has 160 valence electrons. The highest BCUT2D eigenvalue weighted by Gasteiger charge is 2.24. The van der Waals surface area contributed by atoms with Crippen LogP contribution in [-0.2, 0) is 12.8 Å². The van der Waals surface area contributed by atoms with E-state index in [1.54, 1.807) is 14.2 Å². The molecule has 5 nitrogen and oxygen atoms in total. The Balaban J connectivity index is 1.74. The van der Waals surface area contributed by atoms with E-state index in [0.717, 1.165) is 61.3 Å². The van der Waals surface area contributed by atoms with Gasteiger partial charge in [0, 0.05) is 48.4 Å². The van der Waals surface area contributed by atoms with Crippen molar-refractivity contribution in [3.8, 4) is 23.8 Å². The number of hydrogen-bond acceptors (Lipinski definition) is 5. The van der Waals surface area contributed by atoms with Crippen molar-refractivity contribution in [1.82, 2.24) is 9.88 Å². The van der Waals surface area contributed by atoms with E-state index < -0.39 is 0 Å². The lowest BCUT2D eigenvalue weighted by molar-refractivity contribution is 0.221. The zero-order chi connectivity index (χ0) is 20.9. The summed E-state index contributed by atoms with van der Waals surface area (Å²) in [5, 5.41) is 5.08. The Morgan fingerprint density at radius 3 is 2.73 bits per heavy atom. The number of aryl methyl sites for hydroxylation is 1. The molecule has 2 heterocycles. The van der Waals surface area contributed by atoms with Crippen molar-refractivity contribution in [2.45, 2.75) is 57.4 Å². The lowest BCUT2D eigenvalue weighted by atomic mass is 9.99. The van der Waals surface area contributed by atoms with Crippen LogP contribution in [0.1, 0.15) is 49.8 Å². The number of methoxy groups -OCH3 is 2. The van der Waals surface area contributed by atoms with E-state index in [9.17, 15) is 0 Å². The molecule has 0 amide bonds. The molecule has 1 fully saturated rings. The van der Waals surface area contributed by atoms with E-state index in [0.29, 0.717) is 6.04 Å². The van der Waals surface area contributed by atoms with E-state index in [1.165, 1.54) is 49.0 Å². The zero-order valence-electron chi connectivity index (χ0n) is 18.3. The molecular formula is C25H33N3O2. The third-order valence-electron chi connectivity index (χ3n) is 6.44. The number of aromatic nitrogens is 1. The Kier molecular flexibility index (Phi) is 6.64. The second-order valence-corrected chi connectivity index (χ2v) is 8.44. The third-order valence-corrected chi connectivity index (χ3v) is 6.44. The number of hydrogen-bond donors (Lipinski definition) is 1. The second kappa shape index (κ2) is 9.57. The molecule has 30 heavy (non-hydrogen) atoms. The number of nitrogens with zero attached hydrogens (tertiary/aromatic N) is 2. The molecule has 1 aromatic heterocycles. The van der Waals surface area contributed by atoms with Crippen LogP contribution in [0.25, 0.3) is 10.9 Å². The van der Waals surface area contributed by atoms with Gasteiger partial charge in [0.1, 0.15) is 0 Å². The Bertz CT molecular complexity index is 934. The number of piperidine rings is 1. The minimum Gasteiger partial charge on any atom is -0.493 e. The molecule has 0 bridgehead atoms. The summed E-state index contributed by atoms with van der Waals surface area (Å²) in [4.78, 5) is 7.55. The molecule has 0 spiro atoms. The van der Waals surface area contributed by atoms with Crippen LogP contribution in [0.15, 0.2) is 12.1 Å². The molecule has 4 rings (SSSR count). The standard InChI is InChI=1S/C25H33N3O2/c1-4-5-13-28-14-9-10-18(17-28)26-25-19-11-7-6-8-12-21(19)27-22-16-24(30-3)23(29-2)15-20(22)25/h1,15-16,18H,5-14,17H2,2-3H3,(H,26,27)/t18-/m1/s1. The minimum atomic E-state index is 0.419. The monoisotopic (exact) mass is 407 g/mol. The fourth-order valence-electron chi connectivity index (χ4n) is 4.90. The predicted molar refractivity (Wildman–Crippen MR) is 123 cm³/mol. The van der Waals surface area contributed by atoms with Gasteiger partial charge >= 0.3 is 0 Å². The third kappa shape index (κ3) is 4.34. The summed E-state index contributed by atoms with van der Waals surface area (Å²) in [6.07, 6.45) is 14.5. The quantitative estimate of drug-likeness (QED) is 0.567. The number of terminal acetylenes is 1. The van der Waals surface area contributed by atoms with Crippen molar-refractivity contribution in [3.63, 3.8) is 0 Å². The van der Waals surface area contributed by atoms with E-state index in [4.69, 9.17) is 20.9 Å². The van der Waals surface area contributed by atoms with Gasteiger partial charge in [0.05, 0.1) is 19.7 Å². The lowest BCUT2D eigenvalue weighted by Crippen LogP contribution is -2.42. The molecule has 0 saturated carbocycles. The van der Waals surface area contributed by atoms with Crippen molar-refractivity contribution < 1.29 is 9.47 Å². The van der Waals surface area contributed by atoms with Crippen molar-refractivity contribution >= 4 is 16.6 Å². The highest BCUT2D eigenvalue weighted by molar-refractivity contribution is 5.96. The van der Waals surface area contributed by atoms with Crippen LogP contribution >= 0.6 is 0 Å². The van der Waals surface area contributed by atoms with Gasteiger partial charge in [-0.2, -0.15) is 0 Å². The lowest BCUT2D eigenvalue weighted by Gasteiger charge is -2.34. The van der Waals surface area contributed by atoms with E-state index in [1.807, 2.05) is 6.07 Å². The maximum Gasteiger partial charge on any atom is 0.162 e. The van der Waals surface area contributed by atoms with E-state index in [2.05, 4.69) is 22.2 Å². The fourth-order valence-corrected chi connectivity index (χ4v) is 4.90. The van der Waals surface area contributed by atoms with Gasteiger partial charge in [0.2, 0.25) is 0 Å². The first-order chi connectivity index (χ1) is 14.7. The van der Waals surface area contributed by atoms with Crippen molar-refractivity contribution in [2.75, 3.05) is 39.2 Å². The summed E-state index contributed by atoms with van der Waals surface area (Å²) in [6, 6.07) is 4.53. The molecule has 1 aliphatic heterocycles. The first kappa shape index (κ1) is 20.8. The van der Waals surface area contributed by atoms with Gasteiger partial charge in [0.25, 0.3) is 0 Å².